The molecule has 0 unspecified atom stereocenters. The Hall–Kier alpha value is -1.59. The molecular formula is C12H14ClN3O2. The minimum absolute atomic E-state index is 0.0657. The third-order valence-corrected chi connectivity index (χ3v) is 3.01. The van der Waals surface area contributed by atoms with Crippen molar-refractivity contribution >= 4 is 22.5 Å². The molecule has 2 rings (SSSR count). The zero-order valence-corrected chi connectivity index (χ0v) is 10.7. The predicted octanol–water partition coefficient (Wildman–Crippen LogP) is 1.36. The largest absolute Gasteiger partial charge is 0.507 e. The van der Waals surface area contributed by atoms with E-state index in [9.17, 15) is 9.90 Å². The number of phenols is 1. The highest BCUT2D eigenvalue weighted by Crippen LogP contribution is 2.20. The SMILES string of the molecule is CNCCCn1c(Cl)nc2cccc(O)c2c1=O. The summed E-state index contributed by atoms with van der Waals surface area (Å²) in [6.45, 7) is 1.25. The first-order valence-electron chi connectivity index (χ1n) is 5.67. The van der Waals surface area contributed by atoms with Crippen LogP contribution in [0, 0.1) is 0 Å². The number of hydrogen-bond donors (Lipinski definition) is 2. The molecule has 0 aliphatic heterocycles. The highest BCUT2D eigenvalue weighted by atomic mass is 35.5. The Bertz CT molecular complexity index is 624. The topological polar surface area (TPSA) is 67.2 Å². The van der Waals surface area contributed by atoms with Gasteiger partial charge in [0.2, 0.25) is 5.28 Å². The molecule has 2 N–H and O–H groups in total. The first kappa shape index (κ1) is 12.9. The summed E-state index contributed by atoms with van der Waals surface area (Å²) in [5.74, 6) is -0.0657. The van der Waals surface area contributed by atoms with Gasteiger partial charge in [-0.3, -0.25) is 9.36 Å². The number of halogens is 1. The maximum absolute atomic E-state index is 12.2. The van der Waals surface area contributed by atoms with Gasteiger partial charge in [-0.15, -0.1) is 0 Å². The lowest BCUT2D eigenvalue weighted by molar-refractivity contribution is 0.480. The van der Waals surface area contributed by atoms with Gasteiger partial charge in [0.25, 0.3) is 5.56 Å². The number of aromatic hydroxyl groups is 1. The summed E-state index contributed by atoms with van der Waals surface area (Å²) in [7, 11) is 1.84. The molecule has 0 saturated heterocycles. The van der Waals surface area contributed by atoms with Gasteiger partial charge in [0, 0.05) is 6.54 Å². The van der Waals surface area contributed by atoms with Crippen molar-refractivity contribution in [3.05, 3.63) is 33.8 Å². The summed E-state index contributed by atoms with van der Waals surface area (Å²) in [6.07, 6.45) is 0.761. The molecule has 0 radical (unpaired) electrons. The van der Waals surface area contributed by atoms with Crippen LogP contribution in [0.2, 0.25) is 5.28 Å². The van der Waals surface area contributed by atoms with Crippen LogP contribution in [0.25, 0.3) is 10.9 Å². The second-order valence-electron chi connectivity index (χ2n) is 3.97. The highest BCUT2D eigenvalue weighted by molar-refractivity contribution is 6.28. The summed E-state index contributed by atoms with van der Waals surface area (Å²) in [5, 5.41) is 13.1. The van der Waals surface area contributed by atoms with Crippen LogP contribution in [-0.4, -0.2) is 28.3 Å². The van der Waals surface area contributed by atoms with Crippen molar-refractivity contribution in [1.29, 1.82) is 0 Å². The number of rotatable bonds is 4. The van der Waals surface area contributed by atoms with E-state index in [0.29, 0.717) is 12.1 Å². The highest BCUT2D eigenvalue weighted by Gasteiger charge is 2.11. The van der Waals surface area contributed by atoms with E-state index >= 15 is 0 Å². The van der Waals surface area contributed by atoms with Crippen molar-refractivity contribution in [3.8, 4) is 5.75 Å². The van der Waals surface area contributed by atoms with E-state index in [1.807, 2.05) is 7.05 Å². The number of phenolic OH excluding ortho intramolecular Hbond substituents is 1. The van der Waals surface area contributed by atoms with Crippen LogP contribution in [0.5, 0.6) is 5.75 Å². The molecule has 1 aromatic heterocycles. The molecular weight excluding hydrogens is 254 g/mol. The van der Waals surface area contributed by atoms with Crippen LogP contribution in [-0.2, 0) is 6.54 Å². The number of fused-ring (bicyclic) bond motifs is 1. The molecule has 5 nitrogen and oxygen atoms in total. The lowest BCUT2D eigenvalue weighted by atomic mass is 10.2. The molecule has 96 valence electrons. The summed E-state index contributed by atoms with van der Waals surface area (Å²) >= 11 is 5.99. The third kappa shape index (κ3) is 2.32. The summed E-state index contributed by atoms with van der Waals surface area (Å²) in [6, 6.07) is 4.75. The molecule has 0 aliphatic rings. The fraction of sp³-hybridized carbons (Fsp3) is 0.333. The van der Waals surface area contributed by atoms with Gasteiger partial charge in [0.05, 0.1) is 5.52 Å². The van der Waals surface area contributed by atoms with E-state index in [4.69, 9.17) is 11.6 Å². The van der Waals surface area contributed by atoms with Gasteiger partial charge in [-0.25, -0.2) is 4.98 Å². The summed E-state index contributed by atoms with van der Waals surface area (Å²) < 4.78 is 1.38. The lowest BCUT2D eigenvalue weighted by Gasteiger charge is -2.09. The molecule has 0 bridgehead atoms. The van der Waals surface area contributed by atoms with Crippen LogP contribution in [0.15, 0.2) is 23.0 Å². The van der Waals surface area contributed by atoms with E-state index in [0.717, 1.165) is 13.0 Å². The smallest absolute Gasteiger partial charge is 0.266 e. The molecule has 0 aliphatic carbocycles. The predicted molar refractivity (Wildman–Crippen MR) is 71.2 cm³/mol. The van der Waals surface area contributed by atoms with E-state index in [-0.39, 0.29) is 22.0 Å². The lowest BCUT2D eigenvalue weighted by Crippen LogP contribution is -2.24. The zero-order valence-electron chi connectivity index (χ0n) is 9.98. The summed E-state index contributed by atoms with van der Waals surface area (Å²) in [4.78, 5) is 16.3. The second-order valence-corrected chi connectivity index (χ2v) is 4.30. The molecule has 0 saturated carbocycles. The van der Waals surface area contributed by atoms with E-state index < -0.39 is 0 Å². The van der Waals surface area contributed by atoms with Gasteiger partial charge in [-0.2, -0.15) is 0 Å². The Kier molecular flexibility index (Phi) is 3.84. The fourth-order valence-corrected chi connectivity index (χ4v) is 2.08. The number of nitrogens with zero attached hydrogens (tertiary/aromatic N) is 2. The van der Waals surface area contributed by atoms with Crippen molar-refractivity contribution in [2.75, 3.05) is 13.6 Å². The number of aromatic nitrogens is 2. The molecule has 1 aromatic carbocycles. The Morgan fingerprint density at radius 1 is 1.50 bits per heavy atom. The van der Waals surface area contributed by atoms with E-state index in [1.54, 1.807) is 12.1 Å². The van der Waals surface area contributed by atoms with Crippen LogP contribution >= 0.6 is 11.6 Å². The molecule has 0 amide bonds. The van der Waals surface area contributed by atoms with Gasteiger partial charge >= 0.3 is 0 Å². The van der Waals surface area contributed by atoms with Crippen LogP contribution < -0.4 is 10.9 Å². The van der Waals surface area contributed by atoms with Gasteiger partial charge in [-0.05, 0) is 43.7 Å². The van der Waals surface area contributed by atoms with Crippen LogP contribution in [0.3, 0.4) is 0 Å². The van der Waals surface area contributed by atoms with Gasteiger partial charge < -0.3 is 10.4 Å². The molecule has 0 atom stereocenters. The minimum Gasteiger partial charge on any atom is -0.507 e. The number of hydrogen-bond acceptors (Lipinski definition) is 4. The average Bonchev–Trinajstić information content (AvgIpc) is 2.33. The Morgan fingerprint density at radius 2 is 2.28 bits per heavy atom. The number of nitrogens with one attached hydrogen (secondary N) is 1. The standard InChI is InChI=1S/C12H14ClN3O2/c1-14-6-3-7-16-11(18)10-8(15-12(16)13)4-2-5-9(10)17/h2,4-5,14,17H,3,6-7H2,1H3. The van der Waals surface area contributed by atoms with Crippen LogP contribution in [0.4, 0.5) is 0 Å². The molecule has 2 aromatic rings. The van der Waals surface area contributed by atoms with E-state index in [1.165, 1.54) is 10.6 Å². The third-order valence-electron chi connectivity index (χ3n) is 2.72. The van der Waals surface area contributed by atoms with E-state index in [2.05, 4.69) is 10.3 Å². The maximum atomic E-state index is 12.2. The van der Waals surface area contributed by atoms with Crippen molar-refractivity contribution < 1.29 is 5.11 Å². The molecule has 6 heteroatoms. The van der Waals surface area contributed by atoms with Gasteiger partial charge in [0.1, 0.15) is 11.1 Å². The normalized spacial score (nSPS) is 11.0. The Labute approximate surface area is 109 Å². The Balaban J connectivity index is 2.54. The van der Waals surface area contributed by atoms with Gasteiger partial charge in [0.15, 0.2) is 0 Å². The Morgan fingerprint density at radius 3 is 3.00 bits per heavy atom. The van der Waals surface area contributed by atoms with Gasteiger partial charge in [-0.1, -0.05) is 6.07 Å². The average molecular weight is 268 g/mol. The number of benzene rings is 1. The molecule has 0 spiro atoms. The maximum Gasteiger partial charge on any atom is 0.266 e. The van der Waals surface area contributed by atoms with Crippen molar-refractivity contribution in [2.24, 2.45) is 0 Å². The fourth-order valence-electron chi connectivity index (χ4n) is 1.83. The second kappa shape index (κ2) is 5.37. The zero-order chi connectivity index (χ0) is 13.1. The minimum atomic E-state index is -0.306. The van der Waals surface area contributed by atoms with Crippen molar-refractivity contribution in [1.82, 2.24) is 14.9 Å². The quantitative estimate of drug-likeness (QED) is 0.648. The van der Waals surface area contributed by atoms with Crippen molar-refractivity contribution in [3.63, 3.8) is 0 Å². The van der Waals surface area contributed by atoms with Crippen molar-refractivity contribution in [2.45, 2.75) is 13.0 Å². The monoisotopic (exact) mass is 267 g/mol. The molecule has 0 fully saturated rings. The first-order chi connectivity index (χ1) is 8.65. The van der Waals surface area contributed by atoms with Crippen LogP contribution in [0.1, 0.15) is 6.42 Å². The first-order valence-corrected chi connectivity index (χ1v) is 6.05. The summed E-state index contributed by atoms with van der Waals surface area (Å²) in [5.41, 5.74) is 0.106. The molecule has 1 heterocycles. The molecule has 18 heavy (non-hydrogen) atoms.